The summed E-state index contributed by atoms with van der Waals surface area (Å²) in [4.78, 5) is 0. The predicted octanol–water partition coefficient (Wildman–Crippen LogP) is 2.80. The number of rotatable bonds is 3. The van der Waals surface area contributed by atoms with E-state index in [1.807, 2.05) is 13.0 Å². The molecule has 0 aromatic heterocycles. The summed E-state index contributed by atoms with van der Waals surface area (Å²) in [5.74, 6) is 0.450. The van der Waals surface area contributed by atoms with Crippen molar-refractivity contribution < 1.29 is 9.50 Å². The van der Waals surface area contributed by atoms with E-state index in [-0.39, 0.29) is 18.3 Å². The van der Waals surface area contributed by atoms with E-state index in [2.05, 4.69) is 0 Å². The van der Waals surface area contributed by atoms with E-state index < -0.39 is 0 Å². The summed E-state index contributed by atoms with van der Waals surface area (Å²) in [5, 5.41) is 9.08. The fourth-order valence-corrected chi connectivity index (χ4v) is 1.84. The molecule has 76 valence electrons. The van der Waals surface area contributed by atoms with Crippen LogP contribution in [0.5, 0.6) is 0 Å². The topological polar surface area (TPSA) is 20.2 Å². The first-order valence-electron chi connectivity index (χ1n) is 5.12. The smallest absolute Gasteiger partial charge is 0.123 e. The zero-order valence-electron chi connectivity index (χ0n) is 8.33. The normalized spacial score (nSPS) is 18.2. The fraction of sp³-hybridized carbons (Fsp3) is 0.500. The summed E-state index contributed by atoms with van der Waals surface area (Å²) in [6.07, 6.45) is 2.41. The van der Waals surface area contributed by atoms with Gasteiger partial charge < -0.3 is 5.11 Å². The lowest BCUT2D eigenvalue weighted by atomic mass is 9.93. The van der Waals surface area contributed by atoms with Crippen molar-refractivity contribution in [1.82, 2.24) is 0 Å². The number of aliphatic hydroxyl groups excluding tert-OH is 1. The molecule has 14 heavy (non-hydrogen) atoms. The Morgan fingerprint density at radius 2 is 2.21 bits per heavy atom. The van der Waals surface area contributed by atoms with Crippen molar-refractivity contribution in [3.05, 3.63) is 35.1 Å². The van der Waals surface area contributed by atoms with Gasteiger partial charge in [0.05, 0.1) is 0 Å². The second kappa shape index (κ2) is 3.70. The number of hydrogen-bond acceptors (Lipinski definition) is 1. The van der Waals surface area contributed by atoms with E-state index in [1.54, 1.807) is 6.07 Å². The minimum atomic E-state index is -0.204. The van der Waals surface area contributed by atoms with Crippen LogP contribution >= 0.6 is 0 Å². The van der Waals surface area contributed by atoms with Crippen LogP contribution in [0.2, 0.25) is 0 Å². The number of aliphatic hydroxyl groups is 1. The molecule has 0 amide bonds. The summed E-state index contributed by atoms with van der Waals surface area (Å²) in [5.41, 5.74) is 2.21. The van der Waals surface area contributed by atoms with Crippen molar-refractivity contribution in [1.29, 1.82) is 0 Å². The molecule has 0 aliphatic heterocycles. The molecule has 1 unspecified atom stereocenters. The second-order valence-electron chi connectivity index (χ2n) is 4.13. The van der Waals surface area contributed by atoms with Crippen LogP contribution in [0, 0.1) is 5.82 Å². The molecule has 1 saturated carbocycles. The number of halogens is 1. The monoisotopic (exact) mass is 194 g/mol. The van der Waals surface area contributed by atoms with Crippen molar-refractivity contribution in [2.45, 2.75) is 31.6 Å². The molecule has 0 radical (unpaired) electrons. The summed E-state index contributed by atoms with van der Waals surface area (Å²) in [6, 6.07) is 4.95. The first-order chi connectivity index (χ1) is 6.72. The molecule has 0 heterocycles. The van der Waals surface area contributed by atoms with Crippen molar-refractivity contribution in [3.8, 4) is 0 Å². The highest BCUT2D eigenvalue weighted by Crippen LogP contribution is 2.43. The van der Waals surface area contributed by atoms with Gasteiger partial charge in [0.2, 0.25) is 0 Å². The molecule has 1 fully saturated rings. The maximum absolute atomic E-state index is 13.0. The van der Waals surface area contributed by atoms with E-state index in [4.69, 9.17) is 5.11 Å². The maximum atomic E-state index is 13.0. The van der Waals surface area contributed by atoms with E-state index in [9.17, 15) is 4.39 Å². The molecular weight excluding hydrogens is 179 g/mol. The molecule has 1 N–H and O–H groups in total. The molecule has 1 aliphatic rings. The quantitative estimate of drug-likeness (QED) is 0.784. The first kappa shape index (κ1) is 9.66. The number of hydrogen-bond donors (Lipinski definition) is 1. The summed E-state index contributed by atoms with van der Waals surface area (Å²) in [7, 11) is 0. The van der Waals surface area contributed by atoms with Crippen LogP contribution in [0.4, 0.5) is 4.39 Å². The zero-order valence-corrected chi connectivity index (χ0v) is 8.33. The predicted molar refractivity (Wildman–Crippen MR) is 53.9 cm³/mol. The van der Waals surface area contributed by atoms with Crippen LogP contribution in [0.3, 0.4) is 0 Å². The third-order valence-electron chi connectivity index (χ3n) is 2.87. The minimum Gasteiger partial charge on any atom is -0.396 e. The Hall–Kier alpha value is -0.890. The van der Waals surface area contributed by atoms with E-state index in [1.165, 1.54) is 24.5 Å². The van der Waals surface area contributed by atoms with Crippen molar-refractivity contribution in [2.24, 2.45) is 0 Å². The van der Waals surface area contributed by atoms with Gasteiger partial charge in [-0.15, -0.1) is 0 Å². The Morgan fingerprint density at radius 3 is 2.79 bits per heavy atom. The molecule has 1 atom stereocenters. The summed E-state index contributed by atoms with van der Waals surface area (Å²) >= 11 is 0. The van der Waals surface area contributed by atoms with E-state index in [0.29, 0.717) is 5.92 Å². The Kier molecular flexibility index (Phi) is 2.55. The van der Waals surface area contributed by atoms with Crippen LogP contribution in [-0.2, 0) is 0 Å². The molecule has 2 heteroatoms. The Morgan fingerprint density at radius 1 is 1.50 bits per heavy atom. The lowest BCUT2D eigenvalue weighted by Crippen LogP contribution is -2.03. The van der Waals surface area contributed by atoms with Gasteiger partial charge in [-0.05, 0) is 42.0 Å². The SMILES string of the molecule is CC(CO)c1cc(F)ccc1C1CC1. The Labute approximate surface area is 83.6 Å². The first-order valence-corrected chi connectivity index (χ1v) is 5.12. The fourth-order valence-electron chi connectivity index (χ4n) is 1.84. The number of benzene rings is 1. The van der Waals surface area contributed by atoms with Gasteiger partial charge in [0.15, 0.2) is 0 Å². The average molecular weight is 194 g/mol. The molecule has 2 rings (SSSR count). The van der Waals surface area contributed by atoms with Crippen LogP contribution in [-0.4, -0.2) is 11.7 Å². The molecule has 1 aliphatic carbocycles. The standard InChI is InChI=1S/C12H15FO/c1-8(7-14)12-6-10(13)4-5-11(12)9-2-3-9/h4-6,8-9,14H,2-3,7H2,1H3. The molecule has 0 bridgehead atoms. The zero-order chi connectivity index (χ0) is 10.1. The van der Waals surface area contributed by atoms with Crippen LogP contribution in [0.15, 0.2) is 18.2 Å². The van der Waals surface area contributed by atoms with Gasteiger partial charge in [0.25, 0.3) is 0 Å². The van der Waals surface area contributed by atoms with Gasteiger partial charge in [0.1, 0.15) is 5.82 Å². The van der Waals surface area contributed by atoms with Crippen molar-refractivity contribution in [2.75, 3.05) is 6.61 Å². The van der Waals surface area contributed by atoms with Crippen LogP contribution in [0.25, 0.3) is 0 Å². The summed E-state index contributed by atoms with van der Waals surface area (Å²) < 4.78 is 13.0. The third-order valence-corrected chi connectivity index (χ3v) is 2.87. The van der Waals surface area contributed by atoms with Gasteiger partial charge in [-0.2, -0.15) is 0 Å². The van der Waals surface area contributed by atoms with Crippen LogP contribution < -0.4 is 0 Å². The van der Waals surface area contributed by atoms with Gasteiger partial charge in [-0.1, -0.05) is 13.0 Å². The Bertz CT molecular complexity index is 331. The van der Waals surface area contributed by atoms with E-state index >= 15 is 0 Å². The lowest BCUT2D eigenvalue weighted by molar-refractivity contribution is 0.272. The van der Waals surface area contributed by atoms with Gasteiger partial charge in [0, 0.05) is 12.5 Å². The molecule has 1 aromatic carbocycles. The van der Waals surface area contributed by atoms with Gasteiger partial charge in [-0.3, -0.25) is 0 Å². The highest BCUT2D eigenvalue weighted by molar-refractivity contribution is 5.36. The lowest BCUT2D eigenvalue weighted by Gasteiger charge is -2.13. The largest absolute Gasteiger partial charge is 0.396 e. The second-order valence-corrected chi connectivity index (χ2v) is 4.13. The maximum Gasteiger partial charge on any atom is 0.123 e. The molecule has 1 nitrogen and oxygen atoms in total. The highest BCUT2D eigenvalue weighted by Gasteiger charge is 2.27. The third kappa shape index (κ3) is 1.80. The molecular formula is C12H15FO. The van der Waals surface area contributed by atoms with E-state index in [0.717, 1.165) is 5.56 Å². The minimum absolute atomic E-state index is 0.0429. The summed E-state index contributed by atoms with van der Waals surface area (Å²) in [6.45, 7) is 2.02. The van der Waals surface area contributed by atoms with Gasteiger partial charge in [-0.25, -0.2) is 4.39 Å². The van der Waals surface area contributed by atoms with Gasteiger partial charge >= 0.3 is 0 Å². The average Bonchev–Trinajstić information content (AvgIpc) is 3.00. The van der Waals surface area contributed by atoms with Crippen molar-refractivity contribution in [3.63, 3.8) is 0 Å². The molecule has 1 aromatic rings. The van der Waals surface area contributed by atoms with Crippen molar-refractivity contribution >= 4 is 0 Å². The highest BCUT2D eigenvalue weighted by atomic mass is 19.1. The molecule has 0 spiro atoms. The Balaban J connectivity index is 2.37. The van der Waals surface area contributed by atoms with Crippen LogP contribution in [0.1, 0.15) is 42.7 Å². The molecule has 0 saturated heterocycles.